The number of rotatable bonds is 4. The smallest absolute Gasteiger partial charge is 0.407 e. The summed E-state index contributed by atoms with van der Waals surface area (Å²) in [5.74, 6) is 0.410. The largest absolute Gasteiger partial charge is 0.497 e. The maximum Gasteiger partial charge on any atom is 0.407 e. The molecule has 27 heavy (non-hydrogen) atoms. The van der Waals surface area contributed by atoms with Crippen molar-refractivity contribution < 1.29 is 19.4 Å². The van der Waals surface area contributed by atoms with Gasteiger partial charge < -0.3 is 20.1 Å². The van der Waals surface area contributed by atoms with Gasteiger partial charge in [0.15, 0.2) is 0 Å². The molecule has 0 unspecified atom stereocenters. The van der Waals surface area contributed by atoms with Crippen LogP contribution in [0.4, 0.5) is 4.79 Å². The van der Waals surface area contributed by atoms with E-state index in [0.29, 0.717) is 30.8 Å². The molecule has 2 aromatic rings. The van der Waals surface area contributed by atoms with Gasteiger partial charge in [-0.25, -0.2) is 4.79 Å². The fraction of sp³-hybridized carbons (Fsp3) is 0.300. The van der Waals surface area contributed by atoms with Crippen LogP contribution in [-0.2, 0) is 0 Å². The first kappa shape index (κ1) is 19.2. The van der Waals surface area contributed by atoms with Gasteiger partial charge in [0.1, 0.15) is 5.75 Å². The Morgan fingerprint density at radius 3 is 2.41 bits per heavy atom. The summed E-state index contributed by atoms with van der Waals surface area (Å²) in [7, 11) is 1.58. The van der Waals surface area contributed by atoms with Crippen LogP contribution in [0.25, 0.3) is 0 Å². The van der Waals surface area contributed by atoms with Crippen molar-refractivity contribution in [1.29, 1.82) is 0 Å². The molecule has 0 bridgehead atoms. The zero-order valence-corrected chi connectivity index (χ0v) is 16.5. The molecule has 1 aliphatic rings. The van der Waals surface area contributed by atoms with Gasteiger partial charge in [0.2, 0.25) is 0 Å². The van der Waals surface area contributed by atoms with E-state index >= 15 is 0 Å². The van der Waals surface area contributed by atoms with Crippen molar-refractivity contribution in [3.8, 4) is 5.75 Å². The predicted molar refractivity (Wildman–Crippen MR) is 105 cm³/mol. The number of carboxylic acid groups (broad SMARTS) is 1. The number of ether oxygens (including phenoxy) is 1. The number of likely N-dealkylation sites (tertiary alicyclic amines) is 1. The molecule has 3 rings (SSSR count). The van der Waals surface area contributed by atoms with E-state index < -0.39 is 6.09 Å². The van der Waals surface area contributed by atoms with Crippen LogP contribution < -0.4 is 10.1 Å². The summed E-state index contributed by atoms with van der Waals surface area (Å²) in [6, 6.07) is 14.6. The van der Waals surface area contributed by atoms with E-state index in [4.69, 9.17) is 4.74 Å². The molecule has 142 valence electrons. The monoisotopic (exact) mass is 432 g/mol. The lowest BCUT2D eigenvalue weighted by Gasteiger charge is -2.38. The number of nitrogens with one attached hydrogen (secondary N) is 1. The Bertz CT molecular complexity index is 808. The van der Waals surface area contributed by atoms with Crippen molar-refractivity contribution >= 4 is 27.9 Å². The van der Waals surface area contributed by atoms with Gasteiger partial charge in [0.05, 0.1) is 7.11 Å². The SMILES string of the molecule is COc1ccc(C(=O)N[C@@H]2CCN(C(=O)O)C[C@H]2c2ccc(Br)cc2)cc1. The van der Waals surface area contributed by atoms with Gasteiger partial charge >= 0.3 is 6.09 Å². The van der Waals surface area contributed by atoms with Crippen LogP contribution in [0, 0.1) is 0 Å². The minimum absolute atomic E-state index is 0.106. The Balaban J connectivity index is 1.79. The topological polar surface area (TPSA) is 78.9 Å². The Kier molecular flexibility index (Phi) is 6.01. The normalized spacial score (nSPS) is 19.4. The minimum atomic E-state index is -0.933. The fourth-order valence-electron chi connectivity index (χ4n) is 3.34. The van der Waals surface area contributed by atoms with E-state index in [9.17, 15) is 14.7 Å². The predicted octanol–water partition coefficient (Wildman–Crippen LogP) is 3.72. The van der Waals surface area contributed by atoms with Crippen molar-refractivity contribution in [3.05, 3.63) is 64.1 Å². The maximum absolute atomic E-state index is 12.7. The molecule has 2 N–H and O–H groups in total. The number of hydrogen-bond donors (Lipinski definition) is 2. The summed E-state index contributed by atoms with van der Waals surface area (Å²) in [5, 5.41) is 12.4. The van der Waals surface area contributed by atoms with Gasteiger partial charge in [0, 0.05) is 35.1 Å². The van der Waals surface area contributed by atoms with Crippen LogP contribution in [0.3, 0.4) is 0 Å². The zero-order chi connectivity index (χ0) is 19.4. The molecular formula is C20H21BrN2O4. The molecule has 0 aromatic heterocycles. The number of carbonyl (C=O) groups excluding carboxylic acids is 1. The number of amides is 2. The molecule has 1 fully saturated rings. The molecule has 0 spiro atoms. The van der Waals surface area contributed by atoms with Crippen LogP contribution in [-0.4, -0.2) is 48.2 Å². The highest BCUT2D eigenvalue weighted by atomic mass is 79.9. The van der Waals surface area contributed by atoms with Gasteiger partial charge in [-0.15, -0.1) is 0 Å². The molecular weight excluding hydrogens is 412 g/mol. The number of methoxy groups -OCH3 is 1. The fourth-order valence-corrected chi connectivity index (χ4v) is 3.60. The van der Waals surface area contributed by atoms with Crippen molar-refractivity contribution in [1.82, 2.24) is 10.2 Å². The van der Waals surface area contributed by atoms with E-state index in [1.54, 1.807) is 31.4 Å². The van der Waals surface area contributed by atoms with Gasteiger partial charge in [-0.05, 0) is 48.4 Å². The molecule has 1 aliphatic heterocycles. The first-order valence-corrected chi connectivity index (χ1v) is 9.45. The summed E-state index contributed by atoms with van der Waals surface area (Å²) in [6.07, 6.45) is -0.369. The molecule has 1 heterocycles. The molecule has 2 atom stereocenters. The van der Waals surface area contributed by atoms with Crippen LogP contribution in [0.5, 0.6) is 5.75 Å². The molecule has 1 saturated heterocycles. The van der Waals surface area contributed by atoms with E-state index in [-0.39, 0.29) is 17.9 Å². The summed E-state index contributed by atoms with van der Waals surface area (Å²) < 4.78 is 6.08. The number of piperidine rings is 1. The summed E-state index contributed by atoms with van der Waals surface area (Å²) in [4.78, 5) is 25.5. The second-order valence-corrected chi connectivity index (χ2v) is 7.40. The molecule has 0 radical (unpaired) electrons. The molecule has 6 nitrogen and oxygen atoms in total. The lowest BCUT2D eigenvalue weighted by atomic mass is 9.86. The van der Waals surface area contributed by atoms with E-state index in [2.05, 4.69) is 21.2 Å². The third kappa shape index (κ3) is 4.60. The van der Waals surface area contributed by atoms with Crippen LogP contribution >= 0.6 is 15.9 Å². The van der Waals surface area contributed by atoms with Crippen LogP contribution in [0.15, 0.2) is 53.0 Å². The minimum Gasteiger partial charge on any atom is -0.497 e. The van der Waals surface area contributed by atoms with Gasteiger partial charge in [-0.2, -0.15) is 0 Å². The van der Waals surface area contributed by atoms with Crippen molar-refractivity contribution in [2.75, 3.05) is 20.2 Å². The second-order valence-electron chi connectivity index (χ2n) is 6.48. The lowest BCUT2D eigenvalue weighted by Crippen LogP contribution is -2.51. The second kappa shape index (κ2) is 8.43. The Morgan fingerprint density at radius 2 is 1.81 bits per heavy atom. The Hall–Kier alpha value is -2.54. The maximum atomic E-state index is 12.7. The standard InChI is InChI=1S/C20H21BrN2O4/c1-27-16-8-4-14(5-9-16)19(24)22-18-10-11-23(20(25)26)12-17(18)13-2-6-15(21)7-3-13/h2-9,17-18H,10-12H2,1H3,(H,22,24)(H,25,26)/t17-,18+/m0/s1. The Labute approximate surface area is 166 Å². The third-order valence-corrected chi connectivity index (χ3v) is 5.38. The molecule has 7 heteroatoms. The summed E-state index contributed by atoms with van der Waals surface area (Å²) in [6.45, 7) is 0.750. The highest BCUT2D eigenvalue weighted by molar-refractivity contribution is 9.10. The molecule has 0 aliphatic carbocycles. The van der Waals surface area contributed by atoms with Crippen LogP contribution in [0.1, 0.15) is 28.3 Å². The average Bonchev–Trinajstić information content (AvgIpc) is 2.69. The van der Waals surface area contributed by atoms with E-state index in [1.807, 2.05) is 24.3 Å². The van der Waals surface area contributed by atoms with Gasteiger partial charge in [-0.3, -0.25) is 4.79 Å². The Morgan fingerprint density at radius 1 is 1.15 bits per heavy atom. The van der Waals surface area contributed by atoms with Crippen molar-refractivity contribution in [2.45, 2.75) is 18.4 Å². The quantitative estimate of drug-likeness (QED) is 0.771. The number of hydrogen-bond acceptors (Lipinski definition) is 3. The zero-order valence-electron chi connectivity index (χ0n) is 14.9. The molecule has 2 aromatic carbocycles. The average molecular weight is 433 g/mol. The highest BCUT2D eigenvalue weighted by Crippen LogP contribution is 2.29. The first-order valence-electron chi connectivity index (χ1n) is 8.66. The number of carbonyl (C=O) groups is 2. The third-order valence-electron chi connectivity index (χ3n) is 4.85. The summed E-state index contributed by atoms with van der Waals surface area (Å²) >= 11 is 3.42. The first-order chi connectivity index (χ1) is 13.0. The number of halogens is 1. The summed E-state index contributed by atoms with van der Waals surface area (Å²) in [5.41, 5.74) is 1.55. The number of nitrogens with zero attached hydrogens (tertiary/aromatic N) is 1. The van der Waals surface area contributed by atoms with Gasteiger partial charge in [-0.1, -0.05) is 28.1 Å². The number of benzene rings is 2. The molecule has 2 amide bonds. The van der Waals surface area contributed by atoms with Gasteiger partial charge in [0.25, 0.3) is 5.91 Å². The molecule has 0 saturated carbocycles. The van der Waals surface area contributed by atoms with Crippen molar-refractivity contribution in [3.63, 3.8) is 0 Å². The van der Waals surface area contributed by atoms with E-state index in [1.165, 1.54) is 4.90 Å². The lowest BCUT2D eigenvalue weighted by molar-refractivity contribution is 0.0888. The van der Waals surface area contributed by atoms with E-state index in [0.717, 1.165) is 10.0 Å². The highest BCUT2D eigenvalue weighted by Gasteiger charge is 2.33. The van der Waals surface area contributed by atoms with Crippen molar-refractivity contribution in [2.24, 2.45) is 0 Å². The van der Waals surface area contributed by atoms with Crippen LogP contribution in [0.2, 0.25) is 0 Å².